The third kappa shape index (κ3) is 4.07. The van der Waals surface area contributed by atoms with Crippen molar-refractivity contribution in [2.75, 3.05) is 10.6 Å². The van der Waals surface area contributed by atoms with Crippen LogP contribution in [0.15, 0.2) is 59.1 Å². The van der Waals surface area contributed by atoms with Gasteiger partial charge in [-0.15, -0.1) is 0 Å². The number of hydrogen-bond donors (Lipinski definition) is 2. The van der Waals surface area contributed by atoms with Gasteiger partial charge in [0.2, 0.25) is 0 Å². The smallest absolute Gasteiger partial charge is 0.136 e. The predicted molar refractivity (Wildman–Crippen MR) is 98.7 cm³/mol. The molecular formula is C18H17BrN4. The molecule has 3 rings (SSSR count). The number of para-hydroxylation sites is 1. The molecule has 0 fully saturated rings. The first-order valence-corrected chi connectivity index (χ1v) is 8.10. The third-order valence-corrected chi connectivity index (χ3v) is 3.84. The molecule has 116 valence electrons. The van der Waals surface area contributed by atoms with Gasteiger partial charge in [0.1, 0.15) is 17.5 Å². The van der Waals surface area contributed by atoms with Gasteiger partial charge in [0.15, 0.2) is 0 Å². The number of nitrogens with zero attached hydrogens (tertiary/aromatic N) is 2. The predicted octanol–water partition coefficient (Wildman–Crippen LogP) is 5.34. The lowest BCUT2D eigenvalue weighted by atomic mass is 10.2. The molecule has 0 aliphatic rings. The average molecular weight is 369 g/mol. The summed E-state index contributed by atoms with van der Waals surface area (Å²) < 4.78 is 1.02. The minimum Gasteiger partial charge on any atom is -0.340 e. The highest BCUT2D eigenvalue weighted by Gasteiger charge is 2.05. The summed E-state index contributed by atoms with van der Waals surface area (Å²) in [6.07, 6.45) is 0. The second kappa shape index (κ2) is 6.79. The molecule has 0 bridgehead atoms. The summed E-state index contributed by atoms with van der Waals surface area (Å²) in [5.41, 5.74) is 3.18. The minimum absolute atomic E-state index is 0.709. The number of rotatable bonds is 4. The first-order chi connectivity index (χ1) is 11.1. The molecule has 23 heavy (non-hydrogen) atoms. The van der Waals surface area contributed by atoms with Crippen molar-refractivity contribution in [1.29, 1.82) is 0 Å². The second-order valence-electron chi connectivity index (χ2n) is 5.26. The fraction of sp³-hybridized carbons (Fsp3) is 0.111. The summed E-state index contributed by atoms with van der Waals surface area (Å²) in [5.74, 6) is 2.23. The zero-order valence-electron chi connectivity index (χ0n) is 13.0. The van der Waals surface area contributed by atoms with Crippen LogP contribution in [0.4, 0.5) is 23.0 Å². The van der Waals surface area contributed by atoms with E-state index in [0.29, 0.717) is 5.82 Å². The van der Waals surface area contributed by atoms with E-state index in [4.69, 9.17) is 0 Å². The number of halogens is 1. The van der Waals surface area contributed by atoms with Gasteiger partial charge in [0, 0.05) is 21.9 Å². The number of nitrogens with one attached hydrogen (secondary N) is 2. The van der Waals surface area contributed by atoms with Gasteiger partial charge in [-0.25, -0.2) is 9.97 Å². The first kappa shape index (κ1) is 15.5. The average Bonchev–Trinajstić information content (AvgIpc) is 2.49. The van der Waals surface area contributed by atoms with Gasteiger partial charge in [0.05, 0.1) is 0 Å². The van der Waals surface area contributed by atoms with Crippen molar-refractivity contribution in [1.82, 2.24) is 9.97 Å². The van der Waals surface area contributed by atoms with Gasteiger partial charge in [-0.2, -0.15) is 0 Å². The Morgan fingerprint density at radius 3 is 2.30 bits per heavy atom. The Balaban J connectivity index is 1.86. The quantitative estimate of drug-likeness (QED) is 0.652. The lowest BCUT2D eigenvalue weighted by Crippen LogP contribution is -2.02. The number of hydrogen-bond acceptors (Lipinski definition) is 4. The molecule has 5 heteroatoms. The molecule has 0 aliphatic heterocycles. The van der Waals surface area contributed by atoms with E-state index in [9.17, 15) is 0 Å². The van der Waals surface area contributed by atoms with Crippen molar-refractivity contribution in [3.05, 3.63) is 70.5 Å². The molecule has 0 saturated heterocycles. The lowest BCUT2D eigenvalue weighted by Gasteiger charge is -2.12. The van der Waals surface area contributed by atoms with Crippen molar-refractivity contribution in [2.24, 2.45) is 0 Å². The third-order valence-electron chi connectivity index (χ3n) is 3.34. The van der Waals surface area contributed by atoms with Crippen LogP contribution in [0.2, 0.25) is 0 Å². The van der Waals surface area contributed by atoms with Gasteiger partial charge in [-0.05, 0) is 43.7 Å². The Kier molecular flexibility index (Phi) is 4.57. The number of aromatic nitrogens is 2. The normalized spacial score (nSPS) is 10.4. The fourth-order valence-electron chi connectivity index (χ4n) is 2.26. The van der Waals surface area contributed by atoms with Gasteiger partial charge in [-0.1, -0.05) is 40.2 Å². The Morgan fingerprint density at radius 1 is 0.826 bits per heavy atom. The van der Waals surface area contributed by atoms with Gasteiger partial charge in [0.25, 0.3) is 0 Å². The standard InChI is InChI=1S/C18H17BrN4/c1-12-6-3-4-9-16(12)23-18-11-17(20-13(2)21-18)22-15-8-5-7-14(19)10-15/h3-11H,1-2H3,(H2,20,21,22,23). The Bertz CT molecular complexity index is 833. The number of anilines is 4. The molecule has 0 spiro atoms. The maximum absolute atomic E-state index is 4.46. The topological polar surface area (TPSA) is 49.8 Å². The SMILES string of the molecule is Cc1nc(Nc2cccc(Br)c2)cc(Nc2ccccc2C)n1. The highest BCUT2D eigenvalue weighted by atomic mass is 79.9. The molecule has 1 aromatic heterocycles. The zero-order chi connectivity index (χ0) is 16.2. The Labute approximate surface area is 144 Å². The number of aryl methyl sites for hydroxylation is 2. The molecule has 2 aromatic carbocycles. The van der Waals surface area contributed by atoms with E-state index in [0.717, 1.165) is 27.5 Å². The van der Waals surface area contributed by atoms with E-state index in [1.165, 1.54) is 5.56 Å². The van der Waals surface area contributed by atoms with Crippen molar-refractivity contribution in [2.45, 2.75) is 13.8 Å². The van der Waals surface area contributed by atoms with E-state index in [2.05, 4.69) is 49.5 Å². The van der Waals surface area contributed by atoms with E-state index in [1.807, 2.05) is 55.5 Å². The Hall–Kier alpha value is -2.40. The van der Waals surface area contributed by atoms with Gasteiger partial charge >= 0.3 is 0 Å². The lowest BCUT2D eigenvalue weighted by molar-refractivity contribution is 1.06. The van der Waals surface area contributed by atoms with Crippen LogP contribution in [0.25, 0.3) is 0 Å². The minimum atomic E-state index is 0.709. The molecule has 0 radical (unpaired) electrons. The summed E-state index contributed by atoms with van der Waals surface area (Å²) in [6.45, 7) is 3.95. The van der Waals surface area contributed by atoms with Crippen LogP contribution in [-0.4, -0.2) is 9.97 Å². The molecule has 0 saturated carbocycles. The molecule has 4 nitrogen and oxygen atoms in total. The summed E-state index contributed by atoms with van der Waals surface area (Å²) >= 11 is 3.47. The summed E-state index contributed by atoms with van der Waals surface area (Å²) in [5, 5.41) is 6.66. The van der Waals surface area contributed by atoms with Crippen molar-refractivity contribution >= 4 is 38.9 Å². The molecule has 3 aromatic rings. The van der Waals surface area contributed by atoms with Crippen LogP contribution in [0, 0.1) is 13.8 Å². The zero-order valence-corrected chi connectivity index (χ0v) is 14.6. The molecule has 0 atom stereocenters. The van der Waals surface area contributed by atoms with Gasteiger partial charge in [-0.3, -0.25) is 0 Å². The van der Waals surface area contributed by atoms with Crippen LogP contribution in [0.3, 0.4) is 0 Å². The highest BCUT2D eigenvalue weighted by Crippen LogP contribution is 2.23. The molecule has 1 heterocycles. The first-order valence-electron chi connectivity index (χ1n) is 7.31. The molecule has 0 aliphatic carbocycles. The van der Waals surface area contributed by atoms with Crippen molar-refractivity contribution in [3.63, 3.8) is 0 Å². The summed E-state index contributed by atoms with van der Waals surface area (Å²) in [4.78, 5) is 8.90. The van der Waals surface area contributed by atoms with E-state index in [1.54, 1.807) is 0 Å². The fourth-order valence-corrected chi connectivity index (χ4v) is 2.66. The van der Waals surface area contributed by atoms with Crippen LogP contribution in [0.5, 0.6) is 0 Å². The second-order valence-corrected chi connectivity index (χ2v) is 6.18. The van der Waals surface area contributed by atoms with Crippen LogP contribution in [-0.2, 0) is 0 Å². The van der Waals surface area contributed by atoms with E-state index in [-0.39, 0.29) is 0 Å². The maximum atomic E-state index is 4.46. The van der Waals surface area contributed by atoms with Crippen LogP contribution >= 0.6 is 15.9 Å². The monoisotopic (exact) mass is 368 g/mol. The number of benzene rings is 2. The maximum Gasteiger partial charge on any atom is 0.136 e. The molecule has 2 N–H and O–H groups in total. The van der Waals surface area contributed by atoms with Gasteiger partial charge < -0.3 is 10.6 Å². The van der Waals surface area contributed by atoms with E-state index >= 15 is 0 Å². The van der Waals surface area contributed by atoms with Crippen molar-refractivity contribution < 1.29 is 0 Å². The van der Waals surface area contributed by atoms with Crippen LogP contribution < -0.4 is 10.6 Å². The largest absolute Gasteiger partial charge is 0.340 e. The van der Waals surface area contributed by atoms with E-state index < -0.39 is 0 Å². The van der Waals surface area contributed by atoms with Crippen molar-refractivity contribution in [3.8, 4) is 0 Å². The Morgan fingerprint density at radius 2 is 1.57 bits per heavy atom. The highest BCUT2D eigenvalue weighted by molar-refractivity contribution is 9.10. The summed E-state index contributed by atoms with van der Waals surface area (Å²) in [6, 6.07) is 18.0. The molecule has 0 amide bonds. The van der Waals surface area contributed by atoms with Crippen LogP contribution in [0.1, 0.15) is 11.4 Å². The summed E-state index contributed by atoms with van der Waals surface area (Å²) in [7, 11) is 0. The molecule has 0 unspecified atom stereocenters. The molecular weight excluding hydrogens is 352 g/mol.